The van der Waals surface area contributed by atoms with E-state index in [1.807, 2.05) is 29.2 Å². The van der Waals surface area contributed by atoms with E-state index in [4.69, 9.17) is 5.73 Å². The Balaban J connectivity index is 1.80. The number of carbonyl (C=O) groups excluding carboxylic acids is 1. The first-order valence-corrected chi connectivity index (χ1v) is 8.32. The Kier molecular flexibility index (Phi) is 4.77. The molecule has 2 aromatic carbocycles. The van der Waals surface area contributed by atoms with Gasteiger partial charge in [-0.05, 0) is 42.0 Å². The second-order valence-corrected chi connectivity index (χ2v) is 6.37. The van der Waals surface area contributed by atoms with Crippen molar-refractivity contribution < 1.29 is 4.79 Å². The molecular weight excluding hydrogens is 284 g/mol. The standard InChI is InChI=1S/C20H24N2O/c1-15-17(13-20(23)22-12-6-10-18(21)14-22)9-5-11-19(15)16-7-3-2-4-8-16/h2-5,7-9,11,18H,6,10,12-14,21H2,1H3. The number of hydrogen-bond acceptors (Lipinski definition) is 2. The summed E-state index contributed by atoms with van der Waals surface area (Å²) in [5.74, 6) is 0.188. The van der Waals surface area contributed by atoms with Gasteiger partial charge in [-0.1, -0.05) is 48.5 Å². The Morgan fingerprint density at radius 3 is 2.70 bits per heavy atom. The minimum atomic E-state index is 0.129. The number of nitrogens with zero attached hydrogens (tertiary/aromatic N) is 1. The van der Waals surface area contributed by atoms with Crippen LogP contribution in [0.5, 0.6) is 0 Å². The van der Waals surface area contributed by atoms with Gasteiger partial charge in [-0.25, -0.2) is 0 Å². The molecule has 23 heavy (non-hydrogen) atoms. The Morgan fingerprint density at radius 1 is 1.17 bits per heavy atom. The first-order chi connectivity index (χ1) is 11.1. The summed E-state index contributed by atoms with van der Waals surface area (Å²) in [6.07, 6.45) is 2.49. The molecule has 120 valence electrons. The molecule has 0 aromatic heterocycles. The number of hydrogen-bond donors (Lipinski definition) is 1. The number of nitrogens with two attached hydrogens (primary N) is 1. The molecule has 2 N–H and O–H groups in total. The highest BCUT2D eigenvalue weighted by Gasteiger charge is 2.21. The monoisotopic (exact) mass is 308 g/mol. The first kappa shape index (κ1) is 15.8. The Labute approximate surface area is 138 Å². The molecule has 2 aromatic rings. The van der Waals surface area contributed by atoms with Gasteiger partial charge in [-0.2, -0.15) is 0 Å². The summed E-state index contributed by atoms with van der Waals surface area (Å²) in [6, 6.07) is 16.7. The quantitative estimate of drug-likeness (QED) is 0.947. The van der Waals surface area contributed by atoms with E-state index >= 15 is 0 Å². The molecule has 0 saturated carbocycles. The average Bonchev–Trinajstić information content (AvgIpc) is 2.57. The summed E-state index contributed by atoms with van der Waals surface area (Å²) in [7, 11) is 0. The van der Waals surface area contributed by atoms with Gasteiger partial charge in [0.05, 0.1) is 6.42 Å². The maximum atomic E-state index is 12.6. The highest BCUT2D eigenvalue weighted by Crippen LogP contribution is 2.26. The highest BCUT2D eigenvalue weighted by molar-refractivity contribution is 5.80. The molecule has 1 heterocycles. The maximum absolute atomic E-state index is 12.6. The fourth-order valence-corrected chi connectivity index (χ4v) is 3.32. The molecule has 3 rings (SSSR count). The molecular formula is C20H24N2O. The van der Waals surface area contributed by atoms with Gasteiger partial charge in [-0.3, -0.25) is 4.79 Å². The van der Waals surface area contributed by atoms with Crippen molar-refractivity contribution in [3.8, 4) is 11.1 Å². The van der Waals surface area contributed by atoms with E-state index in [0.29, 0.717) is 13.0 Å². The highest BCUT2D eigenvalue weighted by atomic mass is 16.2. The van der Waals surface area contributed by atoms with Crippen LogP contribution in [0.3, 0.4) is 0 Å². The van der Waals surface area contributed by atoms with Crippen molar-refractivity contribution >= 4 is 5.91 Å². The average molecular weight is 308 g/mol. The summed E-state index contributed by atoms with van der Waals surface area (Å²) in [6.45, 7) is 3.63. The molecule has 1 unspecified atom stereocenters. The molecule has 1 fully saturated rings. The lowest BCUT2D eigenvalue weighted by Crippen LogP contribution is -2.46. The SMILES string of the molecule is Cc1c(CC(=O)N2CCCC(N)C2)cccc1-c1ccccc1. The molecule has 0 radical (unpaired) electrons. The van der Waals surface area contributed by atoms with Crippen molar-refractivity contribution in [1.82, 2.24) is 4.90 Å². The van der Waals surface area contributed by atoms with Gasteiger partial charge in [-0.15, -0.1) is 0 Å². The van der Waals surface area contributed by atoms with Crippen LogP contribution >= 0.6 is 0 Å². The van der Waals surface area contributed by atoms with E-state index in [2.05, 4.69) is 31.2 Å². The third kappa shape index (κ3) is 3.62. The Morgan fingerprint density at radius 2 is 1.96 bits per heavy atom. The molecule has 1 amide bonds. The van der Waals surface area contributed by atoms with E-state index in [9.17, 15) is 4.79 Å². The van der Waals surface area contributed by atoms with Crippen LogP contribution in [0.15, 0.2) is 48.5 Å². The van der Waals surface area contributed by atoms with Crippen LogP contribution in [0.4, 0.5) is 0 Å². The second-order valence-electron chi connectivity index (χ2n) is 6.37. The molecule has 1 aliphatic rings. The summed E-state index contributed by atoms with van der Waals surface area (Å²) >= 11 is 0. The van der Waals surface area contributed by atoms with E-state index in [0.717, 1.165) is 24.9 Å². The zero-order chi connectivity index (χ0) is 16.2. The molecule has 3 heteroatoms. The summed E-state index contributed by atoms with van der Waals surface area (Å²) in [5.41, 5.74) is 10.7. The van der Waals surface area contributed by atoms with Crippen molar-refractivity contribution in [2.45, 2.75) is 32.2 Å². The Bertz CT molecular complexity index is 681. The lowest BCUT2D eigenvalue weighted by Gasteiger charge is -2.31. The third-order valence-electron chi connectivity index (χ3n) is 4.68. The van der Waals surface area contributed by atoms with Gasteiger partial charge in [0, 0.05) is 19.1 Å². The van der Waals surface area contributed by atoms with Crippen molar-refractivity contribution in [1.29, 1.82) is 0 Å². The van der Waals surface area contributed by atoms with Gasteiger partial charge in [0.15, 0.2) is 0 Å². The van der Waals surface area contributed by atoms with Crippen molar-refractivity contribution in [3.05, 3.63) is 59.7 Å². The van der Waals surface area contributed by atoms with Gasteiger partial charge in [0.2, 0.25) is 5.91 Å². The van der Waals surface area contributed by atoms with E-state index < -0.39 is 0 Å². The van der Waals surface area contributed by atoms with E-state index in [1.165, 1.54) is 16.7 Å². The van der Waals surface area contributed by atoms with Gasteiger partial charge >= 0.3 is 0 Å². The predicted molar refractivity (Wildman–Crippen MR) is 94.1 cm³/mol. The van der Waals surface area contributed by atoms with Crippen LogP contribution in [-0.2, 0) is 11.2 Å². The number of likely N-dealkylation sites (tertiary alicyclic amines) is 1. The first-order valence-electron chi connectivity index (χ1n) is 8.32. The molecule has 1 saturated heterocycles. The lowest BCUT2D eigenvalue weighted by molar-refractivity contribution is -0.131. The number of benzene rings is 2. The van der Waals surface area contributed by atoms with Crippen LogP contribution in [0.1, 0.15) is 24.0 Å². The largest absolute Gasteiger partial charge is 0.341 e. The number of piperidine rings is 1. The lowest BCUT2D eigenvalue weighted by atomic mass is 9.94. The van der Waals surface area contributed by atoms with Gasteiger partial charge in [0.25, 0.3) is 0 Å². The zero-order valence-electron chi connectivity index (χ0n) is 13.7. The van der Waals surface area contributed by atoms with Crippen molar-refractivity contribution in [3.63, 3.8) is 0 Å². The van der Waals surface area contributed by atoms with Crippen molar-refractivity contribution in [2.24, 2.45) is 5.73 Å². The number of carbonyl (C=O) groups is 1. The minimum Gasteiger partial charge on any atom is -0.341 e. The zero-order valence-corrected chi connectivity index (χ0v) is 13.7. The topological polar surface area (TPSA) is 46.3 Å². The summed E-state index contributed by atoms with van der Waals surface area (Å²) < 4.78 is 0. The summed E-state index contributed by atoms with van der Waals surface area (Å²) in [4.78, 5) is 14.5. The van der Waals surface area contributed by atoms with Gasteiger partial charge in [0.1, 0.15) is 0 Å². The van der Waals surface area contributed by atoms with Crippen LogP contribution in [0.25, 0.3) is 11.1 Å². The number of rotatable bonds is 3. The molecule has 3 nitrogen and oxygen atoms in total. The Hall–Kier alpha value is -2.13. The van der Waals surface area contributed by atoms with Crippen LogP contribution in [0.2, 0.25) is 0 Å². The predicted octanol–water partition coefficient (Wildman–Crippen LogP) is 3.15. The molecule has 0 bridgehead atoms. The van der Waals surface area contributed by atoms with Crippen molar-refractivity contribution in [2.75, 3.05) is 13.1 Å². The third-order valence-corrected chi connectivity index (χ3v) is 4.68. The normalized spacial score (nSPS) is 18.0. The van der Waals surface area contributed by atoms with E-state index in [1.54, 1.807) is 0 Å². The second kappa shape index (κ2) is 6.97. The molecule has 1 aliphatic heterocycles. The number of amides is 1. The van der Waals surface area contributed by atoms with Crippen LogP contribution in [-0.4, -0.2) is 29.9 Å². The van der Waals surface area contributed by atoms with Gasteiger partial charge < -0.3 is 10.6 Å². The fourth-order valence-electron chi connectivity index (χ4n) is 3.32. The van der Waals surface area contributed by atoms with E-state index in [-0.39, 0.29) is 11.9 Å². The fraction of sp³-hybridized carbons (Fsp3) is 0.350. The molecule has 1 atom stereocenters. The van der Waals surface area contributed by atoms with Crippen LogP contribution < -0.4 is 5.73 Å². The molecule has 0 aliphatic carbocycles. The maximum Gasteiger partial charge on any atom is 0.227 e. The summed E-state index contributed by atoms with van der Waals surface area (Å²) in [5, 5.41) is 0. The smallest absolute Gasteiger partial charge is 0.227 e. The molecule has 0 spiro atoms. The minimum absolute atomic E-state index is 0.129. The van der Waals surface area contributed by atoms with Crippen LogP contribution in [0, 0.1) is 6.92 Å².